The van der Waals surface area contributed by atoms with E-state index in [1.807, 2.05) is 30.5 Å². The number of benzene rings is 3. The van der Waals surface area contributed by atoms with Gasteiger partial charge in [-0.1, -0.05) is 25.5 Å². The van der Waals surface area contributed by atoms with Crippen LogP contribution in [0.25, 0.3) is 0 Å². The van der Waals surface area contributed by atoms with E-state index in [0.29, 0.717) is 11.3 Å². The molecule has 3 rings (SSSR count). The lowest BCUT2D eigenvalue weighted by Gasteiger charge is -2.23. The Balaban J connectivity index is 1.72. The van der Waals surface area contributed by atoms with Crippen molar-refractivity contribution in [3.05, 3.63) is 83.9 Å². The molecule has 0 radical (unpaired) electrons. The third-order valence-corrected chi connectivity index (χ3v) is 8.04. The molecule has 0 saturated carbocycles. The minimum atomic E-state index is -3.70. The Morgan fingerprint density at radius 1 is 0.909 bits per heavy atom. The summed E-state index contributed by atoms with van der Waals surface area (Å²) < 4.78 is 27.7. The number of thioether (sulfide) groups is 1. The Labute approximate surface area is 201 Å². The topological polar surface area (TPSA) is 66.5 Å². The molecule has 1 N–H and O–H groups in total. The number of nitrogens with zero attached hydrogens (tertiary/aromatic N) is 1. The molecule has 0 fully saturated rings. The van der Waals surface area contributed by atoms with Crippen molar-refractivity contribution in [1.82, 2.24) is 0 Å². The summed E-state index contributed by atoms with van der Waals surface area (Å²) in [5.41, 5.74) is 2.97. The molecule has 0 saturated heterocycles. The predicted octanol–water partition coefficient (Wildman–Crippen LogP) is 6.22. The van der Waals surface area contributed by atoms with Gasteiger partial charge in [0.1, 0.15) is 0 Å². The van der Waals surface area contributed by atoms with E-state index in [-0.39, 0.29) is 17.3 Å². The van der Waals surface area contributed by atoms with E-state index < -0.39 is 10.0 Å². The molecule has 0 spiro atoms. The number of sulfonamides is 1. The summed E-state index contributed by atoms with van der Waals surface area (Å²) in [6, 6.07) is 21.4. The second-order valence-electron chi connectivity index (χ2n) is 7.65. The Bertz CT molecular complexity index is 1160. The molecular weight excluding hydrogens is 452 g/mol. The minimum Gasteiger partial charge on any atom is -0.322 e. The minimum absolute atomic E-state index is 0.235. The SMILES string of the molecule is CCCCc1ccc(NC(=O)c2ccc(N(CC)S(=O)(=O)c3ccc(SC)cc3)cc2)cc1. The molecule has 0 aliphatic heterocycles. The average molecular weight is 483 g/mol. The van der Waals surface area contributed by atoms with Crippen LogP contribution in [-0.4, -0.2) is 27.1 Å². The lowest BCUT2D eigenvalue weighted by atomic mass is 10.1. The number of hydrogen-bond donors (Lipinski definition) is 1. The lowest BCUT2D eigenvalue weighted by Crippen LogP contribution is -2.30. The maximum Gasteiger partial charge on any atom is 0.264 e. The fourth-order valence-electron chi connectivity index (χ4n) is 3.48. The van der Waals surface area contributed by atoms with Crippen molar-refractivity contribution in [1.29, 1.82) is 0 Å². The first-order valence-electron chi connectivity index (χ1n) is 11.1. The van der Waals surface area contributed by atoms with Crippen molar-refractivity contribution < 1.29 is 13.2 Å². The van der Waals surface area contributed by atoms with Gasteiger partial charge in [-0.05, 0) is 92.2 Å². The van der Waals surface area contributed by atoms with Crippen molar-refractivity contribution in [2.45, 2.75) is 42.9 Å². The zero-order valence-electron chi connectivity index (χ0n) is 19.2. The van der Waals surface area contributed by atoms with Crippen LogP contribution in [0.4, 0.5) is 11.4 Å². The zero-order chi connectivity index (χ0) is 23.8. The fourth-order valence-corrected chi connectivity index (χ4v) is 5.37. The standard InChI is InChI=1S/C26H30N2O3S2/c1-4-6-7-20-8-12-22(13-9-20)27-26(29)21-10-14-23(15-11-21)28(5-2)33(30,31)25-18-16-24(32-3)17-19-25/h8-19H,4-7H2,1-3H3,(H,27,29). The number of aryl methyl sites for hydroxylation is 1. The molecule has 1 amide bonds. The van der Waals surface area contributed by atoms with Gasteiger partial charge in [-0.25, -0.2) is 8.42 Å². The second kappa shape index (κ2) is 11.4. The molecule has 0 bridgehead atoms. The van der Waals surface area contributed by atoms with Gasteiger partial charge in [0.25, 0.3) is 15.9 Å². The average Bonchev–Trinajstić information content (AvgIpc) is 2.84. The highest BCUT2D eigenvalue weighted by Crippen LogP contribution is 2.26. The van der Waals surface area contributed by atoms with Crippen LogP contribution in [-0.2, 0) is 16.4 Å². The Morgan fingerprint density at radius 3 is 2.09 bits per heavy atom. The van der Waals surface area contributed by atoms with Gasteiger partial charge in [0.15, 0.2) is 0 Å². The molecule has 0 unspecified atom stereocenters. The first kappa shape index (κ1) is 24.9. The highest BCUT2D eigenvalue weighted by atomic mass is 32.2. The third kappa shape index (κ3) is 6.18. The summed E-state index contributed by atoms with van der Waals surface area (Å²) in [4.78, 5) is 13.9. The third-order valence-electron chi connectivity index (χ3n) is 5.38. The molecule has 3 aromatic rings. The van der Waals surface area contributed by atoms with Gasteiger partial charge < -0.3 is 5.32 Å². The molecule has 0 atom stereocenters. The summed E-state index contributed by atoms with van der Waals surface area (Å²) in [5.74, 6) is -0.235. The second-order valence-corrected chi connectivity index (χ2v) is 10.4. The van der Waals surface area contributed by atoms with Crippen LogP contribution in [0.3, 0.4) is 0 Å². The van der Waals surface area contributed by atoms with Gasteiger partial charge >= 0.3 is 0 Å². The van der Waals surface area contributed by atoms with Crippen LogP contribution >= 0.6 is 11.8 Å². The highest BCUT2D eigenvalue weighted by Gasteiger charge is 2.23. The molecule has 0 aliphatic carbocycles. The van der Waals surface area contributed by atoms with Gasteiger partial charge in [0, 0.05) is 22.7 Å². The maximum absolute atomic E-state index is 13.2. The van der Waals surface area contributed by atoms with Crippen molar-refractivity contribution in [2.75, 3.05) is 22.4 Å². The van der Waals surface area contributed by atoms with E-state index in [0.717, 1.165) is 29.8 Å². The summed E-state index contributed by atoms with van der Waals surface area (Å²) in [6.07, 6.45) is 5.27. The summed E-state index contributed by atoms with van der Waals surface area (Å²) in [6.45, 7) is 4.24. The van der Waals surface area contributed by atoms with E-state index in [4.69, 9.17) is 0 Å². The first-order chi connectivity index (χ1) is 15.9. The smallest absolute Gasteiger partial charge is 0.264 e. The number of carbonyl (C=O) groups is 1. The largest absolute Gasteiger partial charge is 0.322 e. The molecule has 3 aromatic carbocycles. The van der Waals surface area contributed by atoms with Crippen LogP contribution in [0.2, 0.25) is 0 Å². The molecule has 0 aliphatic rings. The maximum atomic E-state index is 13.2. The molecule has 0 heterocycles. The number of nitrogens with one attached hydrogen (secondary N) is 1. The zero-order valence-corrected chi connectivity index (χ0v) is 20.9. The van der Waals surface area contributed by atoms with Crippen molar-refractivity contribution in [3.63, 3.8) is 0 Å². The van der Waals surface area contributed by atoms with E-state index in [9.17, 15) is 13.2 Å². The van der Waals surface area contributed by atoms with E-state index >= 15 is 0 Å². The quantitative estimate of drug-likeness (QED) is 0.349. The first-order valence-corrected chi connectivity index (χ1v) is 13.7. The Kier molecular flexibility index (Phi) is 8.58. The number of hydrogen-bond acceptors (Lipinski definition) is 4. The Morgan fingerprint density at radius 2 is 1.55 bits per heavy atom. The van der Waals surface area contributed by atoms with Crippen LogP contribution in [0.15, 0.2) is 82.6 Å². The van der Waals surface area contributed by atoms with Crippen LogP contribution < -0.4 is 9.62 Å². The summed E-state index contributed by atoms with van der Waals surface area (Å²) >= 11 is 1.56. The van der Waals surface area contributed by atoms with E-state index in [1.54, 1.807) is 67.2 Å². The summed E-state index contributed by atoms with van der Waals surface area (Å²) in [7, 11) is -3.70. The molecular formula is C26H30N2O3S2. The van der Waals surface area contributed by atoms with Crippen molar-refractivity contribution in [2.24, 2.45) is 0 Å². The normalized spacial score (nSPS) is 11.2. The molecule has 33 heavy (non-hydrogen) atoms. The highest BCUT2D eigenvalue weighted by molar-refractivity contribution is 7.98. The van der Waals surface area contributed by atoms with E-state index in [1.165, 1.54) is 9.87 Å². The number of rotatable bonds is 10. The van der Waals surface area contributed by atoms with Gasteiger partial charge in [-0.15, -0.1) is 11.8 Å². The monoisotopic (exact) mass is 482 g/mol. The van der Waals surface area contributed by atoms with Crippen LogP contribution in [0, 0.1) is 0 Å². The van der Waals surface area contributed by atoms with Crippen LogP contribution in [0.1, 0.15) is 42.6 Å². The number of unbranched alkanes of at least 4 members (excludes halogenated alkanes) is 1. The number of carbonyl (C=O) groups excluding carboxylic acids is 1. The van der Waals surface area contributed by atoms with Gasteiger partial charge in [-0.2, -0.15) is 0 Å². The summed E-state index contributed by atoms with van der Waals surface area (Å²) in [5, 5.41) is 2.90. The van der Waals surface area contributed by atoms with E-state index in [2.05, 4.69) is 12.2 Å². The molecule has 174 valence electrons. The molecule has 0 aromatic heterocycles. The fraction of sp³-hybridized carbons (Fsp3) is 0.269. The van der Waals surface area contributed by atoms with Crippen LogP contribution in [0.5, 0.6) is 0 Å². The van der Waals surface area contributed by atoms with Gasteiger partial charge in [0.05, 0.1) is 10.6 Å². The molecule has 7 heteroatoms. The van der Waals surface area contributed by atoms with Gasteiger partial charge in [-0.3, -0.25) is 9.10 Å². The number of amides is 1. The van der Waals surface area contributed by atoms with Crippen molar-refractivity contribution in [3.8, 4) is 0 Å². The lowest BCUT2D eigenvalue weighted by molar-refractivity contribution is 0.102. The predicted molar refractivity (Wildman–Crippen MR) is 138 cm³/mol. The van der Waals surface area contributed by atoms with Crippen molar-refractivity contribution >= 4 is 39.1 Å². The Hall–Kier alpha value is -2.77. The molecule has 5 nitrogen and oxygen atoms in total. The van der Waals surface area contributed by atoms with Gasteiger partial charge in [0.2, 0.25) is 0 Å². The number of anilines is 2.